The molecule has 1 aliphatic rings. The van der Waals surface area contributed by atoms with Crippen LogP contribution in [0.2, 0.25) is 0 Å². The zero-order valence-corrected chi connectivity index (χ0v) is 24.6. The van der Waals surface area contributed by atoms with E-state index in [0.717, 1.165) is 16.6 Å². The Morgan fingerprint density at radius 3 is 2.78 bits per heavy atom. The van der Waals surface area contributed by atoms with Crippen molar-refractivity contribution in [2.24, 2.45) is 0 Å². The zero-order valence-electron chi connectivity index (χ0n) is 22.2. The highest BCUT2D eigenvalue weighted by atomic mass is 79.9. The van der Waals surface area contributed by atoms with Crippen molar-refractivity contribution in [3.63, 3.8) is 0 Å². The molecule has 0 radical (unpaired) electrons. The van der Waals surface area contributed by atoms with Crippen molar-refractivity contribution < 1.29 is 27.0 Å². The molecule has 2 aromatic heterocycles. The molecule has 41 heavy (non-hydrogen) atoms. The predicted molar refractivity (Wildman–Crippen MR) is 157 cm³/mol. The number of sulfone groups is 1. The first-order valence-electron chi connectivity index (χ1n) is 12.9. The largest absolute Gasteiger partial charge is 0.488 e. The third kappa shape index (κ3) is 7.00. The number of anilines is 2. The van der Waals surface area contributed by atoms with Crippen LogP contribution in [0.25, 0.3) is 10.9 Å². The molecular formula is C29H28BrFN4O5S. The lowest BCUT2D eigenvalue weighted by Crippen LogP contribution is -2.33. The summed E-state index contributed by atoms with van der Waals surface area (Å²) in [6.45, 7) is 2.05. The van der Waals surface area contributed by atoms with Crippen molar-refractivity contribution >= 4 is 48.2 Å². The fraction of sp³-hybridized carbons (Fsp3) is 0.276. The number of ether oxygens (including phenoxy) is 3. The molecular weight excluding hydrogens is 615 g/mol. The summed E-state index contributed by atoms with van der Waals surface area (Å²) in [7, 11) is -3.13. The average Bonchev–Trinajstić information content (AvgIpc) is 3.45. The Kier molecular flexibility index (Phi) is 8.81. The van der Waals surface area contributed by atoms with Gasteiger partial charge in [0.15, 0.2) is 15.4 Å². The standard InChI is InChI=1S/C29H28BrFN4O5S/c1-2-41(36,37)12-11-38-18-29(9-4-10-40-29)27-15-23-25(16-32-27)33-19-34-28(23)35-22-7-8-26(24(30)14-22)39-17-20-5-3-6-21(31)13-20/h3-8,10,13-16,19H,2,9,11-12,17-18H2,1H3,(H,33,34,35). The van der Waals surface area contributed by atoms with E-state index in [2.05, 4.69) is 36.2 Å². The van der Waals surface area contributed by atoms with Crippen molar-refractivity contribution in [2.75, 3.05) is 30.0 Å². The number of nitrogens with zero attached hydrogens (tertiary/aromatic N) is 3. The molecule has 5 rings (SSSR count). The van der Waals surface area contributed by atoms with Gasteiger partial charge in [0.25, 0.3) is 0 Å². The minimum Gasteiger partial charge on any atom is -0.488 e. The monoisotopic (exact) mass is 642 g/mol. The zero-order chi connectivity index (χ0) is 28.9. The van der Waals surface area contributed by atoms with Crippen LogP contribution in [0, 0.1) is 5.82 Å². The van der Waals surface area contributed by atoms with E-state index in [-0.39, 0.29) is 37.1 Å². The number of benzene rings is 2. The Labute approximate surface area is 245 Å². The van der Waals surface area contributed by atoms with Crippen LogP contribution in [-0.4, -0.2) is 48.1 Å². The fourth-order valence-corrected chi connectivity index (χ4v) is 5.45. The quantitative estimate of drug-likeness (QED) is 0.191. The van der Waals surface area contributed by atoms with Gasteiger partial charge in [0, 0.05) is 23.2 Å². The molecule has 0 amide bonds. The number of aromatic nitrogens is 3. The van der Waals surface area contributed by atoms with E-state index in [1.807, 2.05) is 30.3 Å². The van der Waals surface area contributed by atoms with Gasteiger partial charge in [0.1, 0.15) is 30.3 Å². The summed E-state index contributed by atoms with van der Waals surface area (Å²) in [5.74, 6) is 0.887. The van der Waals surface area contributed by atoms with Crippen molar-refractivity contribution in [3.8, 4) is 5.75 Å². The lowest BCUT2D eigenvalue weighted by atomic mass is 9.96. The maximum absolute atomic E-state index is 13.5. The smallest absolute Gasteiger partial charge is 0.176 e. The predicted octanol–water partition coefficient (Wildman–Crippen LogP) is 5.83. The van der Waals surface area contributed by atoms with Gasteiger partial charge in [0.05, 0.1) is 47.1 Å². The third-order valence-corrected chi connectivity index (χ3v) is 8.91. The first-order chi connectivity index (χ1) is 19.8. The number of fused-ring (bicyclic) bond motifs is 1. The topological polar surface area (TPSA) is 113 Å². The van der Waals surface area contributed by atoms with E-state index >= 15 is 0 Å². The summed E-state index contributed by atoms with van der Waals surface area (Å²) >= 11 is 3.55. The van der Waals surface area contributed by atoms with Crippen molar-refractivity contribution in [1.29, 1.82) is 0 Å². The fourth-order valence-electron chi connectivity index (χ4n) is 4.29. The number of hydrogen-bond donors (Lipinski definition) is 1. The summed E-state index contributed by atoms with van der Waals surface area (Å²) < 4.78 is 55.5. The second kappa shape index (κ2) is 12.5. The second-order valence-corrected chi connectivity index (χ2v) is 12.8. The molecule has 4 aromatic rings. The molecule has 0 aliphatic carbocycles. The van der Waals surface area contributed by atoms with E-state index in [0.29, 0.717) is 33.7 Å². The SMILES string of the molecule is CCS(=O)(=O)CCOCC1(c2cc3c(Nc4ccc(OCc5cccc(F)c5)c(Br)c4)ncnc3cn2)CC=CO1. The summed E-state index contributed by atoms with van der Waals surface area (Å²) in [4.78, 5) is 13.4. The van der Waals surface area contributed by atoms with Gasteiger partial charge in [-0.2, -0.15) is 0 Å². The molecule has 1 N–H and O–H groups in total. The molecule has 1 aliphatic heterocycles. The molecule has 9 nitrogen and oxygen atoms in total. The molecule has 12 heteroatoms. The van der Waals surface area contributed by atoms with Gasteiger partial charge >= 0.3 is 0 Å². The molecule has 0 spiro atoms. The van der Waals surface area contributed by atoms with E-state index in [1.54, 1.807) is 31.5 Å². The van der Waals surface area contributed by atoms with Gasteiger partial charge in [-0.05, 0) is 64.0 Å². The van der Waals surface area contributed by atoms with Gasteiger partial charge in [-0.1, -0.05) is 19.1 Å². The maximum Gasteiger partial charge on any atom is 0.176 e. The van der Waals surface area contributed by atoms with Gasteiger partial charge in [-0.15, -0.1) is 0 Å². The molecule has 1 atom stereocenters. The van der Waals surface area contributed by atoms with Crippen LogP contribution >= 0.6 is 15.9 Å². The van der Waals surface area contributed by atoms with Gasteiger partial charge < -0.3 is 19.5 Å². The van der Waals surface area contributed by atoms with Crippen molar-refractivity contribution in [3.05, 3.63) is 94.9 Å². The Hall–Kier alpha value is -3.61. The van der Waals surface area contributed by atoms with Crippen molar-refractivity contribution in [1.82, 2.24) is 15.0 Å². The van der Waals surface area contributed by atoms with Crippen LogP contribution in [-0.2, 0) is 31.5 Å². The van der Waals surface area contributed by atoms with Gasteiger partial charge in [-0.3, -0.25) is 4.98 Å². The number of pyridine rings is 1. The lowest BCUT2D eigenvalue weighted by molar-refractivity contribution is -0.0446. The van der Waals surface area contributed by atoms with Crippen LogP contribution in [0.4, 0.5) is 15.9 Å². The number of hydrogen-bond acceptors (Lipinski definition) is 9. The maximum atomic E-state index is 13.5. The average molecular weight is 644 g/mol. The Bertz CT molecular complexity index is 1680. The lowest BCUT2D eigenvalue weighted by Gasteiger charge is -2.28. The molecule has 2 aromatic carbocycles. The van der Waals surface area contributed by atoms with Crippen LogP contribution < -0.4 is 10.1 Å². The molecule has 214 valence electrons. The molecule has 3 heterocycles. The minimum absolute atomic E-state index is 0.0513. The number of nitrogens with one attached hydrogen (secondary N) is 1. The van der Waals surface area contributed by atoms with Gasteiger partial charge in [-0.25, -0.2) is 22.8 Å². The molecule has 0 bridgehead atoms. The second-order valence-electron chi connectivity index (χ2n) is 9.47. The highest BCUT2D eigenvalue weighted by molar-refractivity contribution is 9.10. The summed E-state index contributed by atoms with van der Waals surface area (Å²) in [6.07, 6.45) is 7.12. The summed E-state index contributed by atoms with van der Waals surface area (Å²) in [5, 5.41) is 4.06. The normalized spacial score (nSPS) is 16.6. The highest BCUT2D eigenvalue weighted by Gasteiger charge is 2.38. The first kappa shape index (κ1) is 28.9. The molecule has 0 saturated carbocycles. The van der Waals surface area contributed by atoms with Crippen LogP contribution in [0.5, 0.6) is 5.75 Å². The molecule has 1 unspecified atom stereocenters. The Morgan fingerprint density at radius 2 is 2.02 bits per heavy atom. The number of halogens is 2. The highest BCUT2D eigenvalue weighted by Crippen LogP contribution is 2.36. The van der Waals surface area contributed by atoms with E-state index < -0.39 is 15.4 Å². The number of rotatable bonds is 12. The van der Waals surface area contributed by atoms with E-state index in [9.17, 15) is 12.8 Å². The van der Waals surface area contributed by atoms with Crippen LogP contribution in [0.15, 0.2) is 77.9 Å². The van der Waals surface area contributed by atoms with Crippen LogP contribution in [0.3, 0.4) is 0 Å². The minimum atomic E-state index is -3.13. The van der Waals surface area contributed by atoms with E-state index in [4.69, 9.17) is 14.2 Å². The molecule has 0 saturated heterocycles. The van der Waals surface area contributed by atoms with Crippen molar-refractivity contribution in [2.45, 2.75) is 25.6 Å². The summed E-state index contributed by atoms with van der Waals surface area (Å²) in [5.41, 5.74) is 1.85. The van der Waals surface area contributed by atoms with Gasteiger partial charge in [0.2, 0.25) is 0 Å². The summed E-state index contributed by atoms with van der Waals surface area (Å²) in [6, 6.07) is 13.7. The molecule has 0 fully saturated rings. The van der Waals surface area contributed by atoms with E-state index in [1.165, 1.54) is 18.5 Å². The Balaban J connectivity index is 1.33. The Morgan fingerprint density at radius 1 is 1.15 bits per heavy atom. The third-order valence-electron chi connectivity index (χ3n) is 6.62. The first-order valence-corrected chi connectivity index (χ1v) is 15.5. The van der Waals surface area contributed by atoms with Crippen LogP contribution in [0.1, 0.15) is 24.6 Å².